The third-order valence-corrected chi connectivity index (χ3v) is 12.9. The molecule has 458 valence electrons. The number of azide groups is 1. The fraction of sp³-hybridized carbons (Fsp3) is 0.186. The first-order valence-electron chi connectivity index (χ1n) is 27.6. The minimum Gasteiger partial charge on any atom is -0.507 e. The molecule has 19 heteroatoms. The number of terminal acetylenes is 1. The lowest BCUT2D eigenvalue weighted by atomic mass is 10.1. The number of furan rings is 5. The number of fused-ring (bicyclic) bond motifs is 5. The van der Waals surface area contributed by atoms with Crippen LogP contribution in [0.4, 0.5) is 0 Å². The highest BCUT2D eigenvalue weighted by Gasteiger charge is 2.15. The maximum atomic E-state index is 11.4. The zero-order valence-electron chi connectivity index (χ0n) is 50.6. The minimum absolute atomic E-state index is 0.0320. The van der Waals surface area contributed by atoms with Gasteiger partial charge in [-0.2, -0.15) is 0 Å². The molecule has 7 aromatic carbocycles. The van der Waals surface area contributed by atoms with Crippen LogP contribution >= 0.6 is 0 Å². The summed E-state index contributed by atoms with van der Waals surface area (Å²) in [5.41, 5.74) is 28.4. The van der Waals surface area contributed by atoms with Crippen molar-refractivity contribution in [3.05, 3.63) is 248 Å². The number of nitrogens with two attached hydrogens (primary N) is 2. The Balaban J connectivity index is 0.000000166. The summed E-state index contributed by atoms with van der Waals surface area (Å²) in [7, 11) is 3.95. The van der Waals surface area contributed by atoms with Crippen molar-refractivity contribution in [1.29, 1.82) is 0 Å². The van der Waals surface area contributed by atoms with Gasteiger partial charge in [0.25, 0.3) is 0 Å². The number of aliphatic hydroxyl groups is 1. The van der Waals surface area contributed by atoms with E-state index in [2.05, 4.69) is 30.2 Å². The highest BCUT2D eigenvalue weighted by Crippen LogP contribution is 2.27. The Morgan fingerprint density at radius 2 is 0.843 bits per heavy atom. The molecule has 0 atom stereocenters. The standard InChI is InChI=1S/2C11H10O3.C10H9N3O.2C10H11NO.C10H10O2.C8H8O3/c1-7-6-8-4-3-5-9(10(8)14-7)11(12)13-2;1-3-8-14-10-7-5-4-6-9(10)11(12)13-2;1-7-5-8-3-2-4-9(6-12-13-11)10(8)14-7;3*1-7-5-8-3-2-4-9(6-11)10(8)12-7;1-11-8(10)6-4-2-3-5-7(6)9/h3-6H,1-2H3;1,4-7H,8H2,2H3;2-5H,6H2,1H3;2*2-5H,6,11H2,1H3;2-5,11H,6H2,1H3;2-5,9H,1H3. The van der Waals surface area contributed by atoms with Crippen molar-refractivity contribution in [2.45, 2.75) is 60.9 Å². The minimum atomic E-state index is -0.525. The molecule has 0 aliphatic rings. The van der Waals surface area contributed by atoms with Crippen LogP contribution in [0, 0.1) is 47.0 Å². The number of aromatic hydroxyl groups is 1. The highest BCUT2D eigenvalue weighted by molar-refractivity contribution is 6.02. The fourth-order valence-electron chi connectivity index (χ4n) is 8.90. The van der Waals surface area contributed by atoms with E-state index >= 15 is 0 Å². The van der Waals surface area contributed by atoms with Crippen molar-refractivity contribution in [3.8, 4) is 23.8 Å². The molecular formula is C70H69N5O14. The van der Waals surface area contributed by atoms with E-state index in [9.17, 15) is 14.4 Å². The number of nitrogens with zero attached hydrogens (tertiary/aromatic N) is 3. The first-order valence-corrected chi connectivity index (χ1v) is 27.6. The van der Waals surface area contributed by atoms with Crippen molar-refractivity contribution < 1.29 is 65.6 Å². The van der Waals surface area contributed by atoms with E-state index in [-0.39, 0.29) is 30.5 Å². The number of benzene rings is 7. The summed E-state index contributed by atoms with van der Waals surface area (Å²) in [5, 5.41) is 26.9. The number of ether oxygens (including phenoxy) is 4. The van der Waals surface area contributed by atoms with Gasteiger partial charge in [0.1, 0.15) is 91.5 Å². The number of phenols is 1. The first-order chi connectivity index (χ1) is 43.0. The summed E-state index contributed by atoms with van der Waals surface area (Å²) in [4.78, 5) is 36.2. The van der Waals surface area contributed by atoms with Gasteiger partial charge in [-0.15, -0.1) is 6.42 Å². The molecule has 0 unspecified atom stereocenters. The molecule has 12 rings (SSSR count). The number of rotatable bonds is 10. The summed E-state index contributed by atoms with van der Waals surface area (Å²) < 4.78 is 46.2. The average molecular weight is 1200 g/mol. The van der Waals surface area contributed by atoms with Crippen LogP contribution in [0.15, 0.2) is 197 Å². The van der Waals surface area contributed by atoms with E-state index in [1.165, 1.54) is 33.5 Å². The molecule has 19 nitrogen and oxygen atoms in total. The lowest BCUT2D eigenvalue weighted by molar-refractivity contribution is 0.0587. The van der Waals surface area contributed by atoms with Gasteiger partial charge in [0, 0.05) is 67.2 Å². The number of carbonyl (C=O) groups excluding carboxylic acids is 3. The number of para-hydroxylation sites is 7. The molecule has 89 heavy (non-hydrogen) atoms. The molecule has 0 radical (unpaired) electrons. The van der Waals surface area contributed by atoms with E-state index in [1.807, 2.05) is 150 Å². The number of aliphatic hydroxyl groups excluding tert-OH is 1. The Morgan fingerprint density at radius 3 is 1.27 bits per heavy atom. The lowest BCUT2D eigenvalue weighted by Gasteiger charge is -2.06. The smallest absolute Gasteiger partial charge is 0.341 e. The van der Waals surface area contributed by atoms with Gasteiger partial charge < -0.3 is 62.7 Å². The SMILES string of the molecule is C#CCOc1ccccc1C(=O)OC.COC(=O)c1cccc2cc(C)oc12.COC(=O)c1ccccc1O.Cc1cc2cccc(CN)c2o1.Cc1cc2cccc(CN)c2o1.Cc1cc2cccc(CN=[N+]=[N-])c2o1.Cc1cc2cccc(CO)c2o1. The Kier molecular flexibility index (Phi) is 25.4. The molecule has 0 bridgehead atoms. The van der Waals surface area contributed by atoms with Gasteiger partial charge in [-0.1, -0.05) is 120 Å². The molecule has 0 amide bonds. The fourth-order valence-corrected chi connectivity index (χ4v) is 8.90. The second-order valence-electron chi connectivity index (χ2n) is 19.3. The van der Waals surface area contributed by atoms with Gasteiger partial charge in [0.05, 0.1) is 34.5 Å². The van der Waals surface area contributed by atoms with Gasteiger partial charge in [-0.05, 0) is 101 Å². The van der Waals surface area contributed by atoms with Gasteiger partial charge in [-0.3, -0.25) is 0 Å². The Bertz CT molecular complexity index is 4210. The van der Waals surface area contributed by atoms with E-state index in [1.54, 1.807) is 42.5 Å². The molecule has 5 heterocycles. The Hall–Kier alpha value is -11.0. The van der Waals surface area contributed by atoms with Gasteiger partial charge >= 0.3 is 17.9 Å². The van der Waals surface area contributed by atoms with Crippen molar-refractivity contribution in [3.63, 3.8) is 0 Å². The van der Waals surface area contributed by atoms with E-state index < -0.39 is 11.9 Å². The number of carbonyl (C=O) groups is 3. The van der Waals surface area contributed by atoms with Crippen molar-refractivity contribution in [1.82, 2.24) is 0 Å². The van der Waals surface area contributed by atoms with Gasteiger partial charge in [0.15, 0.2) is 0 Å². The summed E-state index contributed by atoms with van der Waals surface area (Å²) >= 11 is 0. The number of hydrogen-bond donors (Lipinski definition) is 4. The Morgan fingerprint density at radius 1 is 0.494 bits per heavy atom. The van der Waals surface area contributed by atoms with E-state index in [0.717, 1.165) is 100 Å². The van der Waals surface area contributed by atoms with Gasteiger partial charge in [-0.25, -0.2) is 14.4 Å². The summed E-state index contributed by atoms with van der Waals surface area (Å²) in [6.07, 6.45) is 5.04. The van der Waals surface area contributed by atoms with Crippen molar-refractivity contribution in [2.24, 2.45) is 16.6 Å². The molecule has 0 saturated carbocycles. The molecule has 0 aliphatic heterocycles. The molecule has 0 spiro atoms. The van der Waals surface area contributed by atoms with Crippen LogP contribution in [-0.2, 0) is 40.5 Å². The first kappa shape index (κ1) is 67.1. The molecular weight excluding hydrogens is 1130 g/mol. The van der Waals surface area contributed by atoms with Gasteiger partial charge in [0.2, 0.25) is 0 Å². The molecule has 6 N–H and O–H groups in total. The number of phenolic OH excluding ortho intramolecular Hbond substituents is 1. The monoisotopic (exact) mass is 1200 g/mol. The summed E-state index contributed by atoms with van der Waals surface area (Å²) in [6.45, 7) is 11.1. The van der Waals surface area contributed by atoms with Crippen molar-refractivity contribution >= 4 is 72.8 Å². The van der Waals surface area contributed by atoms with Crippen LogP contribution in [0.25, 0.3) is 65.3 Å². The number of methoxy groups -OCH3 is 3. The molecule has 12 aromatic rings. The largest absolute Gasteiger partial charge is 0.507 e. The maximum absolute atomic E-state index is 11.4. The second kappa shape index (κ2) is 33.6. The zero-order chi connectivity index (χ0) is 64.4. The third kappa shape index (κ3) is 18.5. The maximum Gasteiger partial charge on any atom is 0.341 e. The summed E-state index contributed by atoms with van der Waals surface area (Å²) in [5.74, 6) is 5.79. The quantitative estimate of drug-likeness (QED) is 0.0247. The predicted octanol–water partition coefficient (Wildman–Crippen LogP) is 15.4. The van der Waals surface area contributed by atoms with E-state index in [4.69, 9.17) is 60.5 Å². The van der Waals surface area contributed by atoms with Crippen LogP contribution in [0.1, 0.15) is 82.1 Å². The van der Waals surface area contributed by atoms with Crippen LogP contribution < -0.4 is 16.2 Å². The van der Waals surface area contributed by atoms with Crippen LogP contribution in [0.5, 0.6) is 11.5 Å². The number of aryl methyl sites for hydroxylation is 5. The summed E-state index contributed by atoms with van der Waals surface area (Å²) in [6, 6.07) is 51.9. The van der Waals surface area contributed by atoms with Crippen LogP contribution in [0.2, 0.25) is 0 Å². The topological polar surface area (TPSA) is 295 Å². The molecule has 0 saturated heterocycles. The normalized spacial score (nSPS) is 10.1. The second-order valence-corrected chi connectivity index (χ2v) is 19.3. The highest BCUT2D eigenvalue weighted by atomic mass is 16.5. The van der Waals surface area contributed by atoms with Crippen molar-refractivity contribution in [2.75, 3.05) is 27.9 Å². The Labute approximate surface area is 513 Å². The average Bonchev–Trinajstić information content (AvgIpc) is 2.88. The predicted molar refractivity (Wildman–Crippen MR) is 342 cm³/mol. The number of hydrogen-bond acceptors (Lipinski definition) is 17. The van der Waals surface area contributed by atoms with Crippen LogP contribution in [0.3, 0.4) is 0 Å². The van der Waals surface area contributed by atoms with Crippen LogP contribution in [-0.4, -0.2) is 56.1 Å². The molecule has 0 aliphatic carbocycles. The number of esters is 3. The zero-order valence-corrected chi connectivity index (χ0v) is 50.6. The van der Waals surface area contributed by atoms with E-state index in [0.29, 0.717) is 42.1 Å². The molecule has 5 aromatic heterocycles. The molecule has 0 fully saturated rings. The third-order valence-electron chi connectivity index (χ3n) is 12.9. The lowest BCUT2D eigenvalue weighted by Crippen LogP contribution is -2.05.